The van der Waals surface area contributed by atoms with Gasteiger partial charge in [-0.2, -0.15) is 5.10 Å². The molecule has 0 fully saturated rings. The van der Waals surface area contributed by atoms with Crippen LogP contribution in [-0.2, 0) is 26.5 Å². The van der Waals surface area contributed by atoms with Gasteiger partial charge in [-0.05, 0) is 42.5 Å². The Labute approximate surface area is 268 Å². The van der Waals surface area contributed by atoms with Gasteiger partial charge in [-0.3, -0.25) is 15.1 Å². The number of fused-ring (bicyclic) bond motifs is 1. The molecule has 5 rings (SSSR count). The van der Waals surface area contributed by atoms with Gasteiger partial charge >= 0.3 is 6.03 Å². The third-order valence-corrected chi connectivity index (χ3v) is 8.34. The molecule has 0 bridgehead atoms. The first-order valence-electron chi connectivity index (χ1n) is 14.5. The molecule has 2 heterocycles. The van der Waals surface area contributed by atoms with E-state index in [0.717, 1.165) is 22.7 Å². The lowest BCUT2D eigenvalue weighted by atomic mass is 9.92. The molecule has 3 amide bonds. The van der Waals surface area contributed by atoms with Gasteiger partial charge in [0.25, 0.3) is 0 Å². The maximum atomic E-state index is 13.4. The molecule has 0 saturated carbocycles. The molecule has 0 unspecified atom stereocenters. The van der Waals surface area contributed by atoms with Crippen LogP contribution in [0.3, 0.4) is 0 Å². The normalized spacial score (nSPS) is 11.7. The molecule has 2 aromatic heterocycles. The quantitative estimate of drug-likeness (QED) is 0.207. The molecule has 11 nitrogen and oxygen atoms in total. The van der Waals surface area contributed by atoms with Crippen molar-refractivity contribution in [2.45, 2.75) is 37.5 Å². The Morgan fingerprint density at radius 1 is 0.913 bits per heavy atom. The number of aromatic nitrogens is 3. The van der Waals surface area contributed by atoms with E-state index in [2.05, 4.69) is 15.6 Å². The highest BCUT2D eigenvalue weighted by molar-refractivity contribution is 7.90. The molecule has 0 atom stereocenters. The molecular formula is C34H36N6O5S. The van der Waals surface area contributed by atoms with Crippen molar-refractivity contribution in [1.82, 2.24) is 19.7 Å². The van der Waals surface area contributed by atoms with Crippen LogP contribution < -0.4 is 15.4 Å². The van der Waals surface area contributed by atoms with Crippen LogP contribution in [0.1, 0.15) is 32.2 Å². The number of urea groups is 1. The summed E-state index contributed by atoms with van der Waals surface area (Å²) in [6.45, 7) is 6.05. The van der Waals surface area contributed by atoms with E-state index in [4.69, 9.17) is 9.84 Å². The number of carbonyl (C=O) groups excluding carboxylic acids is 2. The summed E-state index contributed by atoms with van der Waals surface area (Å²) in [4.78, 5) is 31.5. The first kappa shape index (κ1) is 32.2. The zero-order chi connectivity index (χ0) is 33.2. The second-order valence-electron chi connectivity index (χ2n) is 12.1. The van der Waals surface area contributed by atoms with Crippen molar-refractivity contribution in [3.05, 3.63) is 96.4 Å². The van der Waals surface area contributed by atoms with E-state index < -0.39 is 15.9 Å². The molecule has 0 saturated heterocycles. The van der Waals surface area contributed by atoms with Crippen LogP contribution >= 0.6 is 0 Å². The van der Waals surface area contributed by atoms with Gasteiger partial charge in [0.05, 0.1) is 34.1 Å². The standard InChI is InChI=1S/C34H36N6O5S/c1-34(2,3)30-21-31(40(38-30)23-11-13-25(14-12-23)46(6,43)44)37-33(42)36-28-15-16-29(27-10-8-7-9-26(27)28)45-24-17-18-35-22(19-24)20-32(41)39(4)5/h7-19,21H,20H2,1-6H3,(H2,36,37,42). The maximum Gasteiger partial charge on any atom is 0.324 e. The molecule has 2 N–H and O–H groups in total. The van der Waals surface area contributed by atoms with Crippen LogP contribution in [0, 0.1) is 0 Å². The SMILES string of the molecule is CN(C)C(=O)Cc1cc(Oc2ccc(NC(=O)Nc3cc(C(C)(C)C)nn3-c3ccc(S(C)(=O)=O)cc3)c3ccccc23)ccn1. The predicted molar refractivity (Wildman–Crippen MR) is 179 cm³/mol. The van der Waals surface area contributed by atoms with Gasteiger partial charge < -0.3 is 15.0 Å². The van der Waals surface area contributed by atoms with E-state index in [9.17, 15) is 18.0 Å². The monoisotopic (exact) mass is 640 g/mol. The van der Waals surface area contributed by atoms with Crippen LogP contribution in [0.2, 0.25) is 0 Å². The van der Waals surface area contributed by atoms with E-state index >= 15 is 0 Å². The fourth-order valence-corrected chi connectivity index (χ4v) is 5.29. The first-order chi connectivity index (χ1) is 21.7. The number of ether oxygens (including phenoxy) is 1. The fraction of sp³-hybridized carbons (Fsp3) is 0.235. The lowest BCUT2D eigenvalue weighted by Gasteiger charge is -2.15. The number of hydrogen-bond acceptors (Lipinski definition) is 7. The van der Waals surface area contributed by atoms with Crippen molar-refractivity contribution in [3.63, 3.8) is 0 Å². The fourth-order valence-electron chi connectivity index (χ4n) is 4.66. The van der Waals surface area contributed by atoms with Gasteiger partial charge in [0.2, 0.25) is 5.91 Å². The molecule has 3 aromatic carbocycles. The summed E-state index contributed by atoms with van der Waals surface area (Å²) in [7, 11) is 0.0292. The molecule has 0 aliphatic heterocycles. The van der Waals surface area contributed by atoms with Crippen molar-refractivity contribution in [3.8, 4) is 17.2 Å². The van der Waals surface area contributed by atoms with Gasteiger partial charge in [-0.15, -0.1) is 0 Å². The summed E-state index contributed by atoms with van der Waals surface area (Å²) in [5.41, 5.74) is 2.18. The number of benzene rings is 3. The number of amides is 3. The third-order valence-electron chi connectivity index (χ3n) is 7.21. The van der Waals surface area contributed by atoms with E-state index in [1.807, 2.05) is 45.0 Å². The third kappa shape index (κ3) is 7.35. The van der Waals surface area contributed by atoms with Crippen molar-refractivity contribution in [2.75, 3.05) is 31.0 Å². The minimum absolute atomic E-state index is 0.0636. The number of nitrogens with zero attached hydrogens (tertiary/aromatic N) is 4. The topological polar surface area (TPSA) is 136 Å². The van der Waals surface area contributed by atoms with Crippen LogP contribution in [-0.4, -0.2) is 60.4 Å². The minimum Gasteiger partial charge on any atom is -0.457 e. The molecular weight excluding hydrogens is 604 g/mol. The number of hydrogen-bond donors (Lipinski definition) is 2. The van der Waals surface area contributed by atoms with Crippen molar-refractivity contribution in [2.24, 2.45) is 0 Å². The van der Waals surface area contributed by atoms with Crippen molar-refractivity contribution < 1.29 is 22.7 Å². The van der Waals surface area contributed by atoms with Gasteiger partial charge in [0.1, 0.15) is 17.3 Å². The Bertz CT molecular complexity index is 2030. The average Bonchev–Trinajstić information content (AvgIpc) is 3.42. The lowest BCUT2D eigenvalue weighted by molar-refractivity contribution is -0.128. The number of carbonyl (C=O) groups is 2. The van der Waals surface area contributed by atoms with Gasteiger partial charge in [0.15, 0.2) is 9.84 Å². The summed E-state index contributed by atoms with van der Waals surface area (Å²) in [5, 5.41) is 12.1. The van der Waals surface area contributed by atoms with Crippen LogP contribution in [0.25, 0.3) is 16.5 Å². The molecule has 12 heteroatoms. The average molecular weight is 641 g/mol. The molecule has 0 radical (unpaired) electrons. The number of anilines is 2. The lowest BCUT2D eigenvalue weighted by Crippen LogP contribution is -2.23. The van der Waals surface area contributed by atoms with E-state index in [1.165, 1.54) is 17.0 Å². The molecule has 46 heavy (non-hydrogen) atoms. The highest BCUT2D eigenvalue weighted by atomic mass is 32.2. The summed E-state index contributed by atoms with van der Waals surface area (Å²) >= 11 is 0. The number of nitrogens with one attached hydrogen (secondary N) is 2. The van der Waals surface area contributed by atoms with Crippen molar-refractivity contribution in [1.29, 1.82) is 0 Å². The van der Waals surface area contributed by atoms with E-state index in [-0.39, 0.29) is 22.6 Å². The second kappa shape index (κ2) is 12.6. The van der Waals surface area contributed by atoms with Gasteiger partial charge in [-0.1, -0.05) is 45.0 Å². The molecule has 0 spiro atoms. The highest BCUT2D eigenvalue weighted by Crippen LogP contribution is 2.35. The Morgan fingerprint density at radius 3 is 2.26 bits per heavy atom. The summed E-state index contributed by atoms with van der Waals surface area (Å²) in [5.74, 6) is 1.46. The summed E-state index contributed by atoms with van der Waals surface area (Å²) in [6.07, 6.45) is 2.91. The number of rotatable bonds is 8. The highest BCUT2D eigenvalue weighted by Gasteiger charge is 2.22. The van der Waals surface area contributed by atoms with E-state index in [0.29, 0.717) is 34.4 Å². The van der Waals surface area contributed by atoms with Crippen LogP contribution in [0.15, 0.2) is 90.0 Å². The first-order valence-corrected chi connectivity index (χ1v) is 16.4. The summed E-state index contributed by atoms with van der Waals surface area (Å²) < 4.78 is 31.7. The van der Waals surface area contributed by atoms with Crippen LogP contribution in [0.5, 0.6) is 11.5 Å². The molecule has 0 aliphatic rings. The van der Waals surface area contributed by atoms with Gasteiger partial charge in [-0.25, -0.2) is 17.9 Å². The maximum absolute atomic E-state index is 13.4. The molecule has 0 aliphatic carbocycles. The Kier molecular flexibility index (Phi) is 8.84. The number of sulfone groups is 1. The number of pyridine rings is 1. The van der Waals surface area contributed by atoms with Crippen LogP contribution in [0.4, 0.5) is 16.3 Å². The summed E-state index contributed by atoms with van der Waals surface area (Å²) in [6, 6.07) is 22.2. The van der Waals surface area contributed by atoms with E-state index in [1.54, 1.807) is 67.4 Å². The number of likely N-dealkylation sites (N-methyl/N-ethyl adjacent to an activating group) is 1. The Morgan fingerprint density at radius 2 is 1.61 bits per heavy atom. The zero-order valence-electron chi connectivity index (χ0n) is 26.5. The minimum atomic E-state index is -3.37. The van der Waals surface area contributed by atoms with Crippen molar-refractivity contribution >= 4 is 44.1 Å². The zero-order valence-corrected chi connectivity index (χ0v) is 27.3. The molecule has 5 aromatic rings. The Hall–Kier alpha value is -5.23. The largest absolute Gasteiger partial charge is 0.457 e. The van der Waals surface area contributed by atoms with Gasteiger partial charge in [0, 0.05) is 54.9 Å². The second-order valence-corrected chi connectivity index (χ2v) is 14.1. The smallest absolute Gasteiger partial charge is 0.324 e. The Balaban J connectivity index is 1.40. The predicted octanol–water partition coefficient (Wildman–Crippen LogP) is 6.19. The molecule has 238 valence electrons.